The molecule has 0 N–H and O–H groups in total. The van der Waals surface area contributed by atoms with Gasteiger partial charge in [0.25, 0.3) is 0 Å². The Kier molecular flexibility index (Phi) is 6.22. The fourth-order valence-corrected chi connectivity index (χ4v) is 8.12. The van der Waals surface area contributed by atoms with E-state index < -0.39 is 0 Å². The van der Waals surface area contributed by atoms with E-state index in [-0.39, 0.29) is 0 Å². The van der Waals surface area contributed by atoms with Crippen LogP contribution in [0.2, 0.25) is 0 Å². The molecule has 0 saturated carbocycles. The SMILES string of the molecule is c1ccc(-c2ccc(N(c3cccc(-c4nc5ccccc5c5nc6ccccn6c45)c3)c3ccc4ccc5cccc6ccc3c4c56)cc2)cc1. The van der Waals surface area contributed by atoms with Gasteiger partial charge in [0.15, 0.2) is 0 Å². The maximum absolute atomic E-state index is 5.31. The number of hydrogen-bond donors (Lipinski definition) is 0. The van der Waals surface area contributed by atoms with E-state index in [9.17, 15) is 0 Å². The lowest BCUT2D eigenvalue weighted by molar-refractivity contribution is 1.22. The third-order valence-electron chi connectivity index (χ3n) is 10.5. The molecule has 0 amide bonds. The van der Waals surface area contributed by atoms with Crippen LogP contribution in [0.15, 0.2) is 182 Å². The van der Waals surface area contributed by atoms with Crippen LogP contribution in [0.5, 0.6) is 0 Å². The zero-order chi connectivity index (χ0) is 34.2. The van der Waals surface area contributed by atoms with E-state index in [4.69, 9.17) is 9.97 Å². The topological polar surface area (TPSA) is 33.4 Å². The van der Waals surface area contributed by atoms with Gasteiger partial charge in [-0.2, -0.15) is 0 Å². The Morgan fingerprint density at radius 1 is 0.442 bits per heavy atom. The molecule has 0 bridgehead atoms. The van der Waals surface area contributed by atoms with Crippen LogP contribution in [0.4, 0.5) is 17.1 Å². The molecule has 242 valence electrons. The lowest BCUT2D eigenvalue weighted by atomic mass is 9.93. The maximum Gasteiger partial charge on any atom is 0.137 e. The molecule has 11 rings (SSSR count). The summed E-state index contributed by atoms with van der Waals surface area (Å²) in [5.41, 5.74) is 11.4. The van der Waals surface area contributed by atoms with E-state index in [1.807, 2.05) is 12.1 Å². The third kappa shape index (κ3) is 4.34. The molecule has 0 fully saturated rings. The zero-order valence-corrected chi connectivity index (χ0v) is 28.1. The summed E-state index contributed by atoms with van der Waals surface area (Å²) in [5.74, 6) is 0. The Morgan fingerprint density at radius 3 is 2.00 bits per heavy atom. The summed E-state index contributed by atoms with van der Waals surface area (Å²) < 4.78 is 2.16. The van der Waals surface area contributed by atoms with Crippen molar-refractivity contribution in [1.82, 2.24) is 14.4 Å². The molecule has 0 spiro atoms. The van der Waals surface area contributed by atoms with Crippen LogP contribution in [0.3, 0.4) is 0 Å². The second kappa shape index (κ2) is 11.2. The molecule has 8 aromatic carbocycles. The van der Waals surface area contributed by atoms with Gasteiger partial charge in [-0.1, -0.05) is 127 Å². The van der Waals surface area contributed by atoms with Gasteiger partial charge < -0.3 is 4.90 Å². The van der Waals surface area contributed by atoms with E-state index >= 15 is 0 Å². The molecular formula is C48H30N4. The molecule has 0 atom stereocenters. The Balaban J connectivity index is 1.17. The largest absolute Gasteiger partial charge is 0.310 e. The van der Waals surface area contributed by atoms with Crippen LogP contribution in [-0.4, -0.2) is 14.4 Å². The van der Waals surface area contributed by atoms with Crippen LogP contribution >= 0.6 is 0 Å². The molecule has 52 heavy (non-hydrogen) atoms. The first-order valence-electron chi connectivity index (χ1n) is 17.7. The highest BCUT2D eigenvalue weighted by atomic mass is 15.1. The highest BCUT2D eigenvalue weighted by Gasteiger charge is 2.21. The molecule has 0 aliphatic carbocycles. The summed E-state index contributed by atoms with van der Waals surface area (Å²) in [6.45, 7) is 0. The number of para-hydroxylation sites is 1. The second-order valence-corrected chi connectivity index (χ2v) is 13.5. The normalized spacial score (nSPS) is 11.8. The molecule has 0 unspecified atom stereocenters. The zero-order valence-electron chi connectivity index (χ0n) is 28.1. The number of fused-ring (bicyclic) bond motifs is 5. The van der Waals surface area contributed by atoms with Crippen molar-refractivity contribution in [2.45, 2.75) is 0 Å². The summed E-state index contributed by atoms with van der Waals surface area (Å²) in [5, 5.41) is 8.62. The van der Waals surface area contributed by atoms with Crippen molar-refractivity contribution < 1.29 is 0 Å². The van der Waals surface area contributed by atoms with E-state index in [1.165, 1.54) is 43.4 Å². The molecule has 4 nitrogen and oxygen atoms in total. The monoisotopic (exact) mass is 662 g/mol. The average Bonchev–Trinajstić information content (AvgIpc) is 3.61. The van der Waals surface area contributed by atoms with E-state index in [1.54, 1.807) is 0 Å². The van der Waals surface area contributed by atoms with Crippen LogP contribution in [0.25, 0.3) is 82.3 Å². The highest BCUT2D eigenvalue weighted by Crippen LogP contribution is 2.45. The average molecular weight is 663 g/mol. The molecule has 11 aromatic rings. The summed E-state index contributed by atoms with van der Waals surface area (Å²) in [6.07, 6.45) is 2.08. The summed E-state index contributed by atoms with van der Waals surface area (Å²) >= 11 is 0. The van der Waals surface area contributed by atoms with Gasteiger partial charge in [0, 0.05) is 33.9 Å². The predicted octanol–water partition coefficient (Wildman–Crippen LogP) is 12.7. The Hall–Kier alpha value is -7.04. The minimum atomic E-state index is 0.904. The first-order chi connectivity index (χ1) is 25.8. The van der Waals surface area contributed by atoms with E-state index in [0.29, 0.717) is 0 Å². The number of hydrogen-bond acceptors (Lipinski definition) is 3. The van der Waals surface area contributed by atoms with Crippen molar-refractivity contribution >= 4 is 77.0 Å². The molecule has 3 heterocycles. The Morgan fingerprint density at radius 2 is 1.13 bits per heavy atom. The number of aromatic nitrogens is 3. The molecular weight excluding hydrogens is 633 g/mol. The van der Waals surface area contributed by atoms with Crippen molar-refractivity contribution in [3.63, 3.8) is 0 Å². The van der Waals surface area contributed by atoms with Crippen LogP contribution in [0, 0.1) is 0 Å². The molecule has 0 aliphatic rings. The fraction of sp³-hybridized carbons (Fsp3) is 0. The Labute approximate surface area is 299 Å². The van der Waals surface area contributed by atoms with Crippen molar-refractivity contribution in [2.24, 2.45) is 0 Å². The molecule has 0 saturated heterocycles. The van der Waals surface area contributed by atoms with Gasteiger partial charge in [-0.3, -0.25) is 4.40 Å². The lowest BCUT2D eigenvalue weighted by Crippen LogP contribution is -2.11. The molecule has 0 radical (unpaired) electrons. The predicted molar refractivity (Wildman–Crippen MR) is 217 cm³/mol. The number of nitrogens with zero attached hydrogens (tertiary/aromatic N) is 4. The number of anilines is 3. The summed E-state index contributed by atoms with van der Waals surface area (Å²) in [4.78, 5) is 12.8. The highest BCUT2D eigenvalue weighted by molar-refractivity contribution is 6.25. The van der Waals surface area contributed by atoms with Crippen molar-refractivity contribution in [1.29, 1.82) is 0 Å². The molecule has 4 heteroatoms. The van der Waals surface area contributed by atoms with Crippen LogP contribution in [-0.2, 0) is 0 Å². The number of imidazole rings is 1. The first kappa shape index (κ1) is 28.8. The van der Waals surface area contributed by atoms with Gasteiger partial charge in [0.05, 0.1) is 22.4 Å². The fourth-order valence-electron chi connectivity index (χ4n) is 8.12. The standard InChI is InChI=1S/C48H30N4/c1-2-10-31(11-3-1)32-21-25-37(26-22-32)52(42-28-24-35-20-19-33-12-8-13-34-23-27-40(42)45(35)44(33)34)38-15-9-14-36(30-38)46-48-47(39-16-4-5-17-41(39)49-46)50-43-18-6-7-29-51(43)48/h1-30H. The second-order valence-electron chi connectivity index (χ2n) is 13.5. The minimum Gasteiger partial charge on any atom is -0.310 e. The van der Waals surface area contributed by atoms with E-state index in [2.05, 4.69) is 179 Å². The third-order valence-corrected chi connectivity index (χ3v) is 10.5. The quantitative estimate of drug-likeness (QED) is 0.172. The maximum atomic E-state index is 5.31. The van der Waals surface area contributed by atoms with Crippen molar-refractivity contribution in [2.75, 3.05) is 4.90 Å². The van der Waals surface area contributed by atoms with Gasteiger partial charge in [-0.05, 0) is 86.6 Å². The molecule has 0 aliphatic heterocycles. The first-order valence-corrected chi connectivity index (χ1v) is 17.7. The van der Waals surface area contributed by atoms with Gasteiger partial charge in [-0.25, -0.2) is 9.97 Å². The van der Waals surface area contributed by atoms with Gasteiger partial charge >= 0.3 is 0 Å². The van der Waals surface area contributed by atoms with Crippen LogP contribution in [0.1, 0.15) is 0 Å². The number of rotatable bonds is 5. The van der Waals surface area contributed by atoms with Gasteiger partial charge in [0.2, 0.25) is 0 Å². The van der Waals surface area contributed by atoms with Gasteiger partial charge in [0.1, 0.15) is 11.2 Å². The Bertz CT molecular complexity index is 3110. The smallest absolute Gasteiger partial charge is 0.137 e. The number of benzene rings is 8. The van der Waals surface area contributed by atoms with Crippen molar-refractivity contribution in [3.8, 4) is 22.4 Å². The molecule has 3 aromatic heterocycles. The number of pyridine rings is 2. The lowest BCUT2D eigenvalue weighted by Gasteiger charge is -2.28. The van der Waals surface area contributed by atoms with E-state index in [0.717, 1.165) is 55.9 Å². The minimum absolute atomic E-state index is 0.904. The summed E-state index contributed by atoms with van der Waals surface area (Å²) in [7, 11) is 0. The van der Waals surface area contributed by atoms with Crippen LogP contribution < -0.4 is 4.90 Å². The summed E-state index contributed by atoms with van der Waals surface area (Å²) in [6, 6.07) is 62.9. The van der Waals surface area contributed by atoms with Gasteiger partial charge in [-0.15, -0.1) is 0 Å². The van der Waals surface area contributed by atoms with Crippen molar-refractivity contribution in [3.05, 3.63) is 182 Å².